The molecule has 1 N–H and O–H groups in total. The maximum Gasteiger partial charge on any atom is 0.411 e. The number of sulfone groups is 1. The van der Waals surface area contributed by atoms with E-state index in [1.807, 2.05) is 0 Å². The van der Waals surface area contributed by atoms with E-state index in [1.165, 1.54) is 0 Å². The molecule has 24 heavy (non-hydrogen) atoms. The average Bonchev–Trinajstić information content (AvgIpc) is 2.99. The molecule has 3 aliphatic heterocycles. The SMILES string of the molecule is O=C(O)CN1CC2(CCN(C(=O)[C@@H]3CCS(=O)(=O)C3)CC2)OC1=O. The van der Waals surface area contributed by atoms with Crippen LogP contribution in [0, 0.1) is 5.92 Å². The van der Waals surface area contributed by atoms with Gasteiger partial charge in [0, 0.05) is 25.9 Å². The summed E-state index contributed by atoms with van der Waals surface area (Å²) in [6, 6.07) is 0. The van der Waals surface area contributed by atoms with Crippen LogP contribution in [0.2, 0.25) is 0 Å². The molecule has 3 aliphatic rings. The van der Waals surface area contributed by atoms with Gasteiger partial charge in [-0.15, -0.1) is 0 Å². The van der Waals surface area contributed by atoms with Crippen molar-refractivity contribution in [1.82, 2.24) is 9.80 Å². The molecule has 9 nitrogen and oxygen atoms in total. The summed E-state index contributed by atoms with van der Waals surface area (Å²) in [6.45, 7) is 0.564. The molecule has 0 radical (unpaired) electrons. The van der Waals surface area contributed by atoms with E-state index in [0.717, 1.165) is 4.90 Å². The Labute approximate surface area is 139 Å². The number of hydrogen-bond acceptors (Lipinski definition) is 6. The molecule has 0 unspecified atom stereocenters. The number of carboxylic acids is 1. The van der Waals surface area contributed by atoms with Gasteiger partial charge in [0.05, 0.1) is 24.0 Å². The maximum atomic E-state index is 12.4. The molecule has 0 saturated carbocycles. The van der Waals surface area contributed by atoms with Gasteiger partial charge in [0.2, 0.25) is 5.91 Å². The number of piperidine rings is 1. The highest BCUT2D eigenvalue weighted by Crippen LogP contribution is 2.34. The van der Waals surface area contributed by atoms with Crippen molar-refractivity contribution in [3.05, 3.63) is 0 Å². The van der Waals surface area contributed by atoms with Gasteiger partial charge in [-0.25, -0.2) is 13.2 Å². The molecule has 0 bridgehead atoms. The molecule has 2 amide bonds. The smallest absolute Gasteiger partial charge is 0.411 e. The van der Waals surface area contributed by atoms with Gasteiger partial charge in [0.25, 0.3) is 0 Å². The van der Waals surface area contributed by atoms with Crippen molar-refractivity contribution in [3.8, 4) is 0 Å². The first-order chi connectivity index (χ1) is 11.2. The third-order valence-electron chi connectivity index (χ3n) is 4.94. The Morgan fingerprint density at radius 2 is 1.96 bits per heavy atom. The third-order valence-corrected chi connectivity index (χ3v) is 6.70. The molecule has 3 saturated heterocycles. The number of carbonyl (C=O) groups is 3. The van der Waals surface area contributed by atoms with E-state index in [9.17, 15) is 22.8 Å². The normalized spacial score (nSPS) is 28.2. The number of ether oxygens (including phenoxy) is 1. The Hall–Kier alpha value is -1.84. The summed E-state index contributed by atoms with van der Waals surface area (Å²) < 4.78 is 28.4. The van der Waals surface area contributed by atoms with Crippen molar-refractivity contribution >= 4 is 27.8 Å². The molecule has 1 spiro atoms. The second-order valence-electron chi connectivity index (χ2n) is 6.73. The Bertz CT molecular complexity index is 667. The van der Waals surface area contributed by atoms with Crippen molar-refractivity contribution in [1.29, 1.82) is 0 Å². The fourth-order valence-corrected chi connectivity index (χ4v) is 5.35. The van der Waals surface area contributed by atoms with Crippen LogP contribution in [0.15, 0.2) is 0 Å². The highest BCUT2D eigenvalue weighted by molar-refractivity contribution is 7.91. The summed E-state index contributed by atoms with van der Waals surface area (Å²) in [6.07, 6.45) is 0.587. The zero-order chi connectivity index (χ0) is 17.5. The van der Waals surface area contributed by atoms with E-state index >= 15 is 0 Å². The summed E-state index contributed by atoms with van der Waals surface area (Å²) >= 11 is 0. The molecule has 134 valence electrons. The maximum absolute atomic E-state index is 12.4. The minimum atomic E-state index is -3.11. The molecule has 3 fully saturated rings. The first-order valence-corrected chi connectivity index (χ1v) is 9.71. The lowest BCUT2D eigenvalue weighted by atomic mass is 9.90. The van der Waals surface area contributed by atoms with Gasteiger partial charge in [0.1, 0.15) is 12.1 Å². The number of nitrogens with zero attached hydrogens (tertiary/aromatic N) is 2. The second-order valence-corrected chi connectivity index (χ2v) is 8.95. The first-order valence-electron chi connectivity index (χ1n) is 7.89. The number of amides is 2. The minimum absolute atomic E-state index is 0.0585. The minimum Gasteiger partial charge on any atom is -0.480 e. The van der Waals surface area contributed by atoms with Crippen LogP contribution in [-0.2, 0) is 24.2 Å². The number of hydrogen-bond donors (Lipinski definition) is 1. The lowest BCUT2D eigenvalue weighted by Crippen LogP contribution is -2.50. The Morgan fingerprint density at radius 3 is 2.50 bits per heavy atom. The van der Waals surface area contributed by atoms with E-state index in [-0.39, 0.29) is 24.0 Å². The van der Waals surface area contributed by atoms with Crippen molar-refractivity contribution < 1.29 is 32.6 Å². The van der Waals surface area contributed by atoms with Crippen molar-refractivity contribution in [2.45, 2.75) is 24.9 Å². The van der Waals surface area contributed by atoms with E-state index in [2.05, 4.69) is 0 Å². The molecule has 0 aromatic heterocycles. The summed E-state index contributed by atoms with van der Waals surface area (Å²) in [5.74, 6) is -1.76. The van der Waals surface area contributed by atoms with Crippen LogP contribution in [0.25, 0.3) is 0 Å². The number of aliphatic carboxylic acids is 1. The second kappa shape index (κ2) is 5.91. The highest BCUT2D eigenvalue weighted by atomic mass is 32.2. The molecule has 3 rings (SSSR count). The van der Waals surface area contributed by atoms with Crippen LogP contribution >= 0.6 is 0 Å². The Morgan fingerprint density at radius 1 is 1.29 bits per heavy atom. The molecule has 0 aliphatic carbocycles. The predicted molar refractivity (Wildman–Crippen MR) is 81.0 cm³/mol. The largest absolute Gasteiger partial charge is 0.480 e. The number of carbonyl (C=O) groups excluding carboxylic acids is 2. The van der Waals surface area contributed by atoms with Crippen molar-refractivity contribution in [2.24, 2.45) is 5.92 Å². The lowest BCUT2D eigenvalue weighted by Gasteiger charge is -2.38. The van der Waals surface area contributed by atoms with Crippen LogP contribution in [0.1, 0.15) is 19.3 Å². The molecular weight excluding hydrogens is 340 g/mol. The van der Waals surface area contributed by atoms with Gasteiger partial charge in [-0.05, 0) is 6.42 Å². The van der Waals surface area contributed by atoms with Gasteiger partial charge >= 0.3 is 12.1 Å². The lowest BCUT2D eigenvalue weighted by molar-refractivity contribution is -0.138. The van der Waals surface area contributed by atoms with Gasteiger partial charge in [-0.3, -0.25) is 14.5 Å². The van der Waals surface area contributed by atoms with E-state index in [0.29, 0.717) is 32.4 Å². The Balaban J connectivity index is 1.57. The van der Waals surface area contributed by atoms with Gasteiger partial charge in [-0.2, -0.15) is 0 Å². The van der Waals surface area contributed by atoms with Crippen LogP contribution in [-0.4, -0.2) is 84.6 Å². The van der Waals surface area contributed by atoms with E-state index in [4.69, 9.17) is 9.84 Å². The van der Waals surface area contributed by atoms with E-state index < -0.39 is 40.0 Å². The standard InChI is InChI=1S/C14H20N2O7S/c17-11(18)7-16-9-14(23-13(16)20)2-4-15(5-3-14)12(19)10-1-6-24(21,22)8-10/h10H,1-9H2,(H,17,18)/t10-/m1/s1. The van der Waals surface area contributed by atoms with Crippen LogP contribution < -0.4 is 0 Å². The van der Waals surface area contributed by atoms with Gasteiger partial charge in [0.15, 0.2) is 9.84 Å². The number of likely N-dealkylation sites (tertiary alicyclic amines) is 1. The zero-order valence-electron chi connectivity index (χ0n) is 13.1. The quantitative estimate of drug-likeness (QED) is 0.707. The molecule has 0 aromatic carbocycles. The molecule has 0 aromatic rings. The highest BCUT2D eigenvalue weighted by Gasteiger charge is 2.48. The van der Waals surface area contributed by atoms with Gasteiger partial charge < -0.3 is 14.7 Å². The van der Waals surface area contributed by atoms with E-state index in [1.54, 1.807) is 4.90 Å². The topological polar surface area (TPSA) is 121 Å². The summed E-state index contributed by atoms with van der Waals surface area (Å²) in [4.78, 5) is 37.8. The fourth-order valence-electron chi connectivity index (χ4n) is 3.62. The summed E-state index contributed by atoms with van der Waals surface area (Å²) in [5, 5.41) is 8.81. The fraction of sp³-hybridized carbons (Fsp3) is 0.786. The zero-order valence-corrected chi connectivity index (χ0v) is 14.0. The number of carboxylic acid groups (broad SMARTS) is 1. The molecular formula is C14H20N2O7S. The Kier molecular flexibility index (Phi) is 4.18. The van der Waals surface area contributed by atoms with Crippen molar-refractivity contribution in [3.63, 3.8) is 0 Å². The average molecular weight is 360 g/mol. The van der Waals surface area contributed by atoms with Crippen LogP contribution in [0.4, 0.5) is 4.79 Å². The predicted octanol–water partition coefficient (Wildman–Crippen LogP) is -0.681. The molecule has 3 heterocycles. The molecule has 10 heteroatoms. The third kappa shape index (κ3) is 3.33. The first kappa shape index (κ1) is 17.0. The van der Waals surface area contributed by atoms with Crippen molar-refractivity contribution in [2.75, 3.05) is 37.7 Å². The van der Waals surface area contributed by atoms with Crippen LogP contribution in [0.3, 0.4) is 0 Å². The summed E-state index contributed by atoms with van der Waals surface area (Å²) in [7, 11) is -3.11. The van der Waals surface area contributed by atoms with Gasteiger partial charge in [-0.1, -0.05) is 0 Å². The number of rotatable bonds is 3. The monoisotopic (exact) mass is 360 g/mol. The summed E-state index contributed by atoms with van der Waals surface area (Å²) in [5.41, 5.74) is -0.745. The molecule has 1 atom stereocenters. The van der Waals surface area contributed by atoms with Crippen LogP contribution in [0.5, 0.6) is 0 Å².